The van der Waals surface area contributed by atoms with Crippen LogP contribution in [0.5, 0.6) is 0 Å². The Bertz CT molecular complexity index is 1630. The Labute approximate surface area is 278 Å². The summed E-state index contributed by atoms with van der Waals surface area (Å²) in [6.45, 7) is 12.5. The summed E-state index contributed by atoms with van der Waals surface area (Å²) in [5.41, 5.74) is 2.84. The van der Waals surface area contributed by atoms with Crippen LogP contribution in [0, 0.1) is 45.3 Å². The van der Waals surface area contributed by atoms with Crippen LogP contribution in [-0.2, 0) is 19.1 Å². The number of nitriles is 4. The van der Waals surface area contributed by atoms with Crippen LogP contribution in [0.2, 0.25) is 0 Å². The number of carbonyl (C=O) groups excluding carboxylic acids is 2. The molecule has 0 radical (unpaired) electrons. The normalized spacial score (nSPS) is 11.7. The third kappa shape index (κ3) is 11.1. The molecule has 0 aliphatic carbocycles. The molecule has 244 valence electrons. The van der Waals surface area contributed by atoms with Crippen molar-refractivity contribution in [2.24, 2.45) is 0 Å². The van der Waals surface area contributed by atoms with Gasteiger partial charge in [-0.3, -0.25) is 0 Å². The molecule has 0 aromatic heterocycles. The van der Waals surface area contributed by atoms with Gasteiger partial charge in [0, 0.05) is 26.2 Å². The molecule has 0 fully saturated rings. The zero-order valence-corrected chi connectivity index (χ0v) is 27.9. The van der Waals surface area contributed by atoms with Gasteiger partial charge in [0.2, 0.25) is 0 Å². The largest absolute Gasteiger partial charge is 0.458 e. The second-order valence-corrected chi connectivity index (χ2v) is 10.8. The second kappa shape index (κ2) is 19.7. The number of hydrogen-bond acceptors (Lipinski definition) is 10. The molecule has 0 heterocycles. The lowest BCUT2D eigenvalue weighted by atomic mass is 10.1. The van der Waals surface area contributed by atoms with Gasteiger partial charge in [0.25, 0.3) is 0 Å². The minimum Gasteiger partial charge on any atom is -0.458 e. The standard InChI is InChI=1S/C37H42N6O4/c1-6-10-16-42(8-3)34-14-12-28(18-30(34)22-38)20-32(24-40)36(44)46-26-27(5)47-37(45)33(25-41)21-29-13-15-35(31(19-29)23-39)43(9-4)17-11-7-2/h12-15,18-21,27H,6-11,16-17,26H2,1-5H3/b32-20+,33-21+. The zero-order chi connectivity index (χ0) is 34.8. The number of unbranched alkanes of at least 4 members (excludes halogenated alkanes) is 2. The maximum Gasteiger partial charge on any atom is 0.349 e. The quantitative estimate of drug-likeness (QED) is 0.105. The number of hydrogen-bond donors (Lipinski definition) is 0. The highest BCUT2D eigenvalue weighted by atomic mass is 16.6. The Kier molecular flexibility index (Phi) is 15.8. The summed E-state index contributed by atoms with van der Waals surface area (Å²) in [5.74, 6) is -1.84. The molecular weight excluding hydrogens is 592 g/mol. The van der Waals surface area contributed by atoms with Crippen molar-refractivity contribution in [1.82, 2.24) is 0 Å². The molecule has 0 N–H and O–H groups in total. The number of rotatable bonds is 17. The maximum absolute atomic E-state index is 12.8. The van der Waals surface area contributed by atoms with Crippen molar-refractivity contribution in [1.29, 1.82) is 21.0 Å². The summed E-state index contributed by atoms with van der Waals surface area (Å²) in [7, 11) is 0. The lowest BCUT2D eigenvalue weighted by molar-refractivity contribution is -0.152. The van der Waals surface area contributed by atoms with Crippen molar-refractivity contribution in [2.45, 2.75) is 66.4 Å². The van der Waals surface area contributed by atoms with Crippen molar-refractivity contribution in [3.8, 4) is 24.3 Å². The molecule has 1 unspecified atom stereocenters. The Morgan fingerprint density at radius 2 is 1.19 bits per heavy atom. The number of benzene rings is 2. The number of nitrogens with zero attached hydrogens (tertiary/aromatic N) is 6. The predicted octanol–water partition coefficient (Wildman–Crippen LogP) is 6.67. The summed E-state index contributed by atoms with van der Waals surface area (Å²) in [6.07, 6.45) is 5.78. The SMILES string of the molecule is CCCCN(CC)c1ccc(/C=C(\C#N)C(=O)OCC(C)OC(=O)/C(C#N)=C/c2ccc(N(CC)CCCC)c(C#N)c2)cc1C#N. The van der Waals surface area contributed by atoms with E-state index >= 15 is 0 Å². The topological polar surface area (TPSA) is 154 Å². The first kappa shape index (κ1) is 37.6. The summed E-state index contributed by atoms with van der Waals surface area (Å²) in [4.78, 5) is 29.7. The molecule has 10 heteroatoms. The van der Waals surface area contributed by atoms with E-state index in [0.717, 1.165) is 63.2 Å². The van der Waals surface area contributed by atoms with E-state index in [9.17, 15) is 30.6 Å². The highest BCUT2D eigenvalue weighted by molar-refractivity contribution is 5.99. The smallest absolute Gasteiger partial charge is 0.349 e. The van der Waals surface area contributed by atoms with Crippen LogP contribution in [0.1, 0.15) is 82.6 Å². The molecule has 0 saturated carbocycles. The van der Waals surface area contributed by atoms with Gasteiger partial charge in [0.15, 0.2) is 0 Å². The van der Waals surface area contributed by atoms with E-state index in [1.54, 1.807) is 36.4 Å². The van der Waals surface area contributed by atoms with Crippen molar-refractivity contribution >= 4 is 35.5 Å². The molecule has 10 nitrogen and oxygen atoms in total. The minimum absolute atomic E-state index is 0.288. The molecule has 1 atom stereocenters. The van der Waals surface area contributed by atoms with Gasteiger partial charge >= 0.3 is 11.9 Å². The van der Waals surface area contributed by atoms with E-state index in [2.05, 4.69) is 35.8 Å². The monoisotopic (exact) mass is 634 g/mol. The molecule has 2 aromatic carbocycles. The molecule has 2 aromatic rings. The lowest BCUT2D eigenvalue weighted by Gasteiger charge is -2.24. The van der Waals surface area contributed by atoms with E-state index in [0.29, 0.717) is 22.3 Å². The van der Waals surface area contributed by atoms with Gasteiger partial charge in [-0.1, -0.05) is 38.8 Å². The fraction of sp³-hybridized carbons (Fsp3) is 0.405. The third-order valence-electron chi connectivity index (χ3n) is 7.35. The average Bonchev–Trinajstić information content (AvgIpc) is 3.09. The molecule has 0 spiro atoms. The summed E-state index contributed by atoms with van der Waals surface area (Å²) in [6, 6.07) is 18.3. The van der Waals surface area contributed by atoms with Crippen LogP contribution in [0.3, 0.4) is 0 Å². The molecule has 0 aliphatic rings. The van der Waals surface area contributed by atoms with Gasteiger partial charge < -0.3 is 19.3 Å². The van der Waals surface area contributed by atoms with E-state index in [1.165, 1.54) is 19.1 Å². The number of anilines is 2. The first-order valence-corrected chi connectivity index (χ1v) is 15.9. The van der Waals surface area contributed by atoms with Crippen molar-refractivity contribution in [3.05, 3.63) is 69.8 Å². The Balaban J connectivity index is 2.11. The zero-order valence-electron chi connectivity index (χ0n) is 27.9. The van der Waals surface area contributed by atoms with Crippen molar-refractivity contribution < 1.29 is 19.1 Å². The fourth-order valence-electron chi connectivity index (χ4n) is 4.77. The van der Waals surface area contributed by atoms with Crippen molar-refractivity contribution in [3.63, 3.8) is 0 Å². The molecule has 0 amide bonds. The molecule has 47 heavy (non-hydrogen) atoms. The van der Waals surface area contributed by atoms with Crippen LogP contribution in [0.4, 0.5) is 11.4 Å². The van der Waals surface area contributed by atoms with E-state index in [1.807, 2.05) is 26.0 Å². The summed E-state index contributed by atoms with van der Waals surface area (Å²) in [5, 5.41) is 38.7. The molecule has 0 bridgehead atoms. The Morgan fingerprint density at radius 3 is 1.57 bits per heavy atom. The van der Waals surface area contributed by atoms with E-state index in [-0.39, 0.29) is 17.8 Å². The van der Waals surface area contributed by atoms with Gasteiger partial charge in [-0.05, 0) is 81.2 Å². The second-order valence-electron chi connectivity index (χ2n) is 10.8. The van der Waals surface area contributed by atoms with Gasteiger partial charge in [0.1, 0.15) is 48.1 Å². The fourth-order valence-corrected chi connectivity index (χ4v) is 4.77. The Hall–Kier alpha value is -5.58. The highest BCUT2D eigenvalue weighted by Gasteiger charge is 2.19. The van der Waals surface area contributed by atoms with Crippen LogP contribution in [-0.4, -0.2) is 50.8 Å². The predicted molar refractivity (Wildman–Crippen MR) is 182 cm³/mol. The summed E-state index contributed by atoms with van der Waals surface area (Å²) >= 11 is 0. The highest BCUT2D eigenvalue weighted by Crippen LogP contribution is 2.25. The van der Waals surface area contributed by atoms with Crippen LogP contribution in [0.15, 0.2) is 47.5 Å². The number of esters is 2. The first-order valence-electron chi connectivity index (χ1n) is 15.9. The average molecular weight is 635 g/mol. The van der Waals surface area contributed by atoms with Gasteiger partial charge in [-0.25, -0.2) is 9.59 Å². The third-order valence-corrected chi connectivity index (χ3v) is 7.35. The molecule has 2 rings (SSSR count). The lowest BCUT2D eigenvalue weighted by Crippen LogP contribution is -2.24. The first-order chi connectivity index (χ1) is 22.7. The van der Waals surface area contributed by atoms with Crippen LogP contribution in [0.25, 0.3) is 12.2 Å². The van der Waals surface area contributed by atoms with Crippen LogP contribution < -0.4 is 9.80 Å². The minimum atomic E-state index is -0.926. The van der Waals surface area contributed by atoms with Gasteiger partial charge in [-0.15, -0.1) is 0 Å². The Morgan fingerprint density at radius 1 is 0.745 bits per heavy atom. The molecule has 0 aliphatic heterocycles. The molecular formula is C37H42N6O4. The number of ether oxygens (including phenoxy) is 2. The summed E-state index contributed by atoms with van der Waals surface area (Å²) < 4.78 is 10.5. The maximum atomic E-state index is 12.8. The van der Waals surface area contributed by atoms with Crippen LogP contribution >= 0.6 is 0 Å². The van der Waals surface area contributed by atoms with Gasteiger partial charge in [-0.2, -0.15) is 21.0 Å². The molecule has 0 saturated heterocycles. The van der Waals surface area contributed by atoms with E-state index in [4.69, 9.17) is 9.47 Å². The van der Waals surface area contributed by atoms with Crippen molar-refractivity contribution in [2.75, 3.05) is 42.6 Å². The number of carbonyl (C=O) groups is 2. The van der Waals surface area contributed by atoms with Gasteiger partial charge in [0.05, 0.1) is 22.5 Å². The van der Waals surface area contributed by atoms with E-state index < -0.39 is 18.0 Å².